The van der Waals surface area contributed by atoms with Gasteiger partial charge in [-0.25, -0.2) is 4.39 Å². The van der Waals surface area contributed by atoms with Gasteiger partial charge in [0, 0.05) is 18.3 Å². The predicted octanol–water partition coefficient (Wildman–Crippen LogP) is 4.85. The van der Waals surface area contributed by atoms with Gasteiger partial charge < -0.3 is 21.7 Å². The van der Waals surface area contributed by atoms with Crippen molar-refractivity contribution in [1.29, 1.82) is 10.7 Å². The first-order valence-corrected chi connectivity index (χ1v) is 12.1. The highest BCUT2D eigenvalue weighted by atomic mass is 19.1. The van der Waals surface area contributed by atoms with Crippen LogP contribution < -0.4 is 21.7 Å². The molecule has 1 fully saturated rings. The van der Waals surface area contributed by atoms with Crippen LogP contribution in [0.2, 0.25) is 0 Å². The molecule has 6 N–H and O–H groups in total. The zero-order chi connectivity index (χ0) is 26.2. The number of anilines is 2. The summed E-state index contributed by atoms with van der Waals surface area (Å²) in [4.78, 5) is 13.2. The first-order chi connectivity index (χ1) is 18.0. The average molecular weight is 497 g/mol. The van der Waals surface area contributed by atoms with E-state index in [1.54, 1.807) is 36.4 Å². The highest BCUT2D eigenvalue weighted by Gasteiger charge is 2.24. The third-order valence-corrected chi connectivity index (χ3v) is 6.11. The van der Waals surface area contributed by atoms with E-state index in [0.29, 0.717) is 18.2 Å². The Balaban J connectivity index is 1.60. The molecule has 0 aliphatic heterocycles. The average Bonchev–Trinajstić information content (AvgIpc) is 3.75. The van der Waals surface area contributed by atoms with E-state index >= 15 is 0 Å². The molecular formula is C29H29FN6O. The summed E-state index contributed by atoms with van der Waals surface area (Å²) in [5.41, 5.74) is 8.45. The molecule has 1 aliphatic carbocycles. The van der Waals surface area contributed by atoms with Crippen molar-refractivity contribution in [2.45, 2.75) is 25.4 Å². The first-order valence-electron chi connectivity index (χ1n) is 12.1. The largest absolute Gasteiger partial charge is 0.351 e. The monoisotopic (exact) mass is 496 g/mol. The van der Waals surface area contributed by atoms with E-state index < -0.39 is 17.4 Å². The smallest absolute Gasteiger partial charge is 0.272 e. The molecule has 0 heterocycles. The van der Waals surface area contributed by atoms with Gasteiger partial charge in [0.1, 0.15) is 23.3 Å². The number of halogens is 1. The number of nitrogens with one attached hydrogen (secondary N) is 4. The zero-order valence-electron chi connectivity index (χ0n) is 20.3. The molecular weight excluding hydrogens is 467 g/mol. The maximum atomic E-state index is 14.9. The van der Waals surface area contributed by atoms with Crippen LogP contribution in [0.1, 0.15) is 35.6 Å². The molecule has 188 valence electrons. The number of rotatable bonds is 11. The van der Waals surface area contributed by atoms with Crippen LogP contribution in [0.4, 0.5) is 15.8 Å². The number of hydrogen-bond donors (Lipinski definition) is 5. The normalized spacial score (nSPS) is 13.9. The van der Waals surface area contributed by atoms with Gasteiger partial charge in [-0.3, -0.25) is 10.2 Å². The Morgan fingerprint density at radius 3 is 2.57 bits per heavy atom. The number of nitriles is 1. The summed E-state index contributed by atoms with van der Waals surface area (Å²) >= 11 is 0. The van der Waals surface area contributed by atoms with Crippen molar-refractivity contribution in [3.05, 3.63) is 107 Å². The molecule has 1 saturated carbocycles. The van der Waals surface area contributed by atoms with Crippen molar-refractivity contribution >= 4 is 23.0 Å². The van der Waals surface area contributed by atoms with Gasteiger partial charge in [0.05, 0.1) is 11.7 Å². The van der Waals surface area contributed by atoms with Crippen LogP contribution in [0.15, 0.2) is 84.6 Å². The summed E-state index contributed by atoms with van der Waals surface area (Å²) in [6.45, 7) is 1.16. The molecule has 0 spiro atoms. The quantitative estimate of drug-likeness (QED) is 0.192. The van der Waals surface area contributed by atoms with E-state index in [1.165, 1.54) is 18.9 Å². The number of hydrogen-bond acceptors (Lipinski definition) is 6. The summed E-state index contributed by atoms with van der Waals surface area (Å²) < 4.78 is 14.9. The number of carbonyl (C=O) groups is 1. The van der Waals surface area contributed by atoms with Crippen LogP contribution >= 0.6 is 0 Å². The van der Waals surface area contributed by atoms with Crippen LogP contribution in [0.5, 0.6) is 0 Å². The lowest BCUT2D eigenvalue weighted by molar-refractivity contribution is -0.112. The van der Waals surface area contributed by atoms with E-state index in [9.17, 15) is 9.18 Å². The molecule has 37 heavy (non-hydrogen) atoms. The number of carbonyl (C=O) groups excluding carboxylic acids is 1. The van der Waals surface area contributed by atoms with Crippen LogP contribution in [-0.4, -0.2) is 18.2 Å². The highest BCUT2D eigenvalue weighted by Crippen LogP contribution is 2.31. The third-order valence-electron chi connectivity index (χ3n) is 6.11. The number of allylic oxidation sites excluding steroid dienone is 1. The molecule has 8 heteroatoms. The fourth-order valence-electron chi connectivity index (χ4n) is 3.95. The van der Waals surface area contributed by atoms with Gasteiger partial charge in [-0.1, -0.05) is 48.5 Å². The molecule has 0 radical (unpaired) electrons. The maximum Gasteiger partial charge on any atom is 0.272 e. The Hall–Kier alpha value is -4.32. The molecule has 3 aromatic carbocycles. The zero-order valence-corrected chi connectivity index (χ0v) is 20.3. The minimum Gasteiger partial charge on any atom is -0.351 e. The highest BCUT2D eigenvalue weighted by molar-refractivity contribution is 6.14. The molecule has 7 nitrogen and oxygen atoms in total. The van der Waals surface area contributed by atoms with Gasteiger partial charge >= 0.3 is 0 Å². The second-order valence-corrected chi connectivity index (χ2v) is 9.00. The van der Waals surface area contributed by atoms with Crippen molar-refractivity contribution in [3.8, 4) is 6.07 Å². The maximum absolute atomic E-state index is 14.9. The van der Waals surface area contributed by atoms with Crippen molar-refractivity contribution in [2.24, 2.45) is 11.7 Å². The molecule has 4 rings (SSSR count). The summed E-state index contributed by atoms with van der Waals surface area (Å²) in [7, 11) is 0. The molecule has 0 bridgehead atoms. The van der Waals surface area contributed by atoms with Gasteiger partial charge in [-0.05, 0) is 66.3 Å². The number of amides is 1. The van der Waals surface area contributed by atoms with Gasteiger partial charge in [-0.15, -0.1) is 0 Å². The van der Waals surface area contributed by atoms with Crippen molar-refractivity contribution in [1.82, 2.24) is 5.32 Å². The SMILES string of the molecule is N#CC(=N)/C=C(\Nc1cccc(CN)c1)C(=O)Nc1cc(C(NCC2CC2)c2ccccc2)ccc1F. The van der Waals surface area contributed by atoms with Gasteiger partial charge in [0.25, 0.3) is 5.91 Å². The Morgan fingerprint density at radius 2 is 1.86 bits per heavy atom. The Kier molecular flexibility index (Phi) is 8.41. The number of nitrogens with zero attached hydrogens (tertiary/aromatic N) is 1. The molecule has 1 amide bonds. The fourth-order valence-corrected chi connectivity index (χ4v) is 3.95. The summed E-state index contributed by atoms with van der Waals surface area (Å²) in [5, 5.41) is 25.9. The molecule has 3 aromatic rings. The molecule has 1 atom stereocenters. The molecule has 1 unspecified atom stereocenters. The van der Waals surface area contributed by atoms with Crippen molar-refractivity contribution in [2.75, 3.05) is 17.2 Å². The summed E-state index contributed by atoms with van der Waals surface area (Å²) in [6, 6.07) is 23.2. The molecule has 0 aromatic heterocycles. The van der Waals surface area contributed by atoms with E-state index in [2.05, 4.69) is 16.0 Å². The van der Waals surface area contributed by atoms with Gasteiger partial charge in [0.15, 0.2) is 0 Å². The topological polar surface area (TPSA) is 127 Å². The minimum atomic E-state index is -0.684. The Morgan fingerprint density at radius 1 is 1.08 bits per heavy atom. The Labute approximate surface area is 215 Å². The fraction of sp³-hybridized carbons (Fsp3) is 0.207. The number of nitrogens with two attached hydrogens (primary N) is 1. The lowest BCUT2D eigenvalue weighted by Gasteiger charge is -2.21. The standard InChI is InChI=1S/C29H29FN6O/c30-25-12-11-22(28(34-18-19-9-10-19)21-6-2-1-3-7-21)14-26(25)36-29(37)27(15-23(33)17-32)35-24-8-4-5-20(13-24)16-31/h1-8,11-15,19,28,33-35H,9-10,16,18,31H2,(H,36,37)/b27-15-,33-23?. The first kappa shape index (κ1) is 25.8. The van der Waals surface area contributed by atoms with E-state index in [4.69, 9.17) is 16.4 Å². The molecule has 1 aliphatic rings. The van der Waals surface area contributed by atoms with Crippen LogP contribution in [-0.2, 0) is 11.3 Å². The van der Waals surface area contributed by atoms with Crippen molar-refractivity contribution in [3.63, 3.8) is 0 Å². The predicted molar refractivity (Wildman–Crippen MR) is 143 cm³/mol. The Bertz CT molecular complexity index is 1340. The van der Waals surface area contributed by atoms with Gasteiger partial charge in [0.2, 0.25) is 0 Å². The lowest BCUT2D eigenvalue weighted by Crippen LogP contribution is -2.25. The van der Waals surface area contributed by atoms with Crippen LogP contribution in [0.25, 0.3) is 0 Å². The summed E-state index contributed by atoms with van der Waals surface area (Å²) in [5.74, 6) is -0.625. The van der Waals surface area contributed by atoms with Crippen LogP contribution in [0, 0.1) is 28.5 Å². The third kappa shape index (κ3) is 7.10. The van der Waals surface area contributed by atoms with E-state index in [0.717, 1.165) is 29.3 Å². The van der Waals surface area contributed by atoms with E-state index in [1.807, 2.05) is 36.4 Å². The van der Waals surface area contributed by atoms with Gasteiger partial charge in [-0.2, -0.15) is 5.26 Å². The number of benzene rings is 3. The second kappa shape index (κ2) is 12.1. The van der Waals surface area contributed by atoms with Crippen molar-refractivity contribution < 1.29 is 9.18 Å². The second-order valence-electron chi connectivity index (χ2n) is 9.00. The molecule has 0 saturated heterocycles. The summed E-state index contributed by atoms with van der Waals surface area (Å²) in [6.07, 6.45) is 3.51. The van der Waals surface area contributed by atoms with Crippen LogP contribution in [0.3, 0.4) is 0 Å². The minimum absolute atomic E-state index is 0.00329. The van der Waals surface area contributed by atoms with E-state index in [-0.39, 0.29) is 17.4 Å². The lowest BCUT2D eigenvalue weighted by atomic mass is 9.97.